The van der Waals surface area contributed by atoms with Crippen molar-refractivity contribution < 1.29 is 19.0 Å². The molecule has 3 rings (SSSR count). The van der Waals surface area contributed by atoms with Crippen LogP contribution in [0.15, 0.2) is 56.7 Å². The Balaban J connectivity index is 2.10. The van der Waals surface area contributed by atoms with Crippen LogP contribution in [0.25, 0.3) is 11.0 Å². The van der Waals surface area contributed by atoms with Gasteiger partial charge in [0.15, 0.2) is 0 Å². The lowest BCUT2D eigenvalue weighted by Gasteiger charge is -2.07. The molecule has 0 bridgehead atoms. The van der Waals surface area contributed by atoms with Crippen LogP contribution in [-0.2, 0) is 0 Å². The van der Waals surface area contributed by atoms with Crippen LogP contribution in [0.1, 0.15) is 5.56 Å². The summed E-state index contributed by atoms with van der Waals surface area (Å²) in [6, 6.07) is 11.8. The highest BCUT2D eigenvalue weighted by molar-refractivity contribution is 5.94. The van der Waals surface area contributed by atoms with Crippen molar-refractivity contribution in [1.29, 1.82) is 0 Å². The van der Waals surface area contributed by atoms with E-state index in [2.05, 4.69) is 4.99 Å². The summed E-state index contributed by atoms with van der Waals surface area (Å²) in [6.45, 7) is 0. The largest absolute Gasteiger partial charge is 0.506 e. The molecule has 24 heavy (non-hydrogen) atoms. The van der Waals surface area contributed by atoms with Gasteiger partial charge in [-0.2, -0.15) is 0 Å². The van der Waals surface area contributed by atoms with E-state index in [1.807, 2.05) is 0 Å². The third kappa shape index (κ3) is 2.81. The first-order chi connectivity index (χ1) is 11.6. The van der Waals surface area contributed by atoms with E-state index in [0.29, 0.717) is 28.2 Å². The Morgan fingerprint density at radius 1 is 1.12 bits per heavy atom. The number of para-hydroxylation sites is 1. The molecule has 0 amide bonds. The molecule has 0 aliphatic rings. The molecule has 0 spiro atoms. The molecule has 0 atom stereocenters. The Morgan fingerprint density at radius 3 is 2.67 bits per heavy atom. The predicted molar refractivity (Wildman–Crippen MR) is 90.9 cm³/mol. The molecule has 0 radical (unpaired) electrons. The van der Waals surface area contributed by atoms with E-state index >= 15 is 0 Å². The molecule has 1 N–H and O–H groups in total. The number of hydrogen-bond acceptors (Lipinski definition) is 6. The van der Waals surface area contributed by atoms with Gasteiger partial charge in [-0.15, -0.1) is 0 Å². The number of fused-ring (bicyclic) bond motifs is 1. The van der Waals surface area contributed by atoms with Crippen LogP contribution in [0.3, 0.4) is 0 Å². The highest BCUT2D eigenvalue weighted by Crippen LogP contribution is 2.32. The molecule has 0 saturated heterocycles. The van der Waals surface area contributed by atoms with Crippen LogP contribution < -0.4 is 15.1 Å². The van der Waals surface area contributed by atoms with E-state index in [4.69, 9.17) is 13.9 Å². The van der Waals surface area contributed by atoms with Gasteiger partial charge in [0.25, 0.3) is 0 Å². The highest BCUT2D eigenvalue weighted by Gasteiger charge is 2.12. The average Bonchev–Trinajstić information content (AvgIpc) is 2.61. The quantitative estimate of drug-likeness (QED) is 0.588. The molecule has 1 aromatic heterocycles. The predicted octanol–water partition coefficient (Wildman–Crippen LogP) is 3.27. The number of benzene rings is 2. The van der Waals surface area contributed by atoms with Crippen LogP contribution in [0.2, 0.25) is 0 Å². The highest BCUT2D eigenvalue weighted by atomic mass is 16.5. The van der Waals surface area contributed by atoms with Gasteiger partial charge >= 0.3 is 5.63 Å². The zero-order chi connectivity index (χ0) is 17.1. The number of aromatic hydroxyl groups is 1. The monoisotopic (exact) mass is 325 g/mol. The van der Waals surface area contributed by atoms with Crippen molar-refractivity contribution in [3.05, 3.63) is 58.4 Å². The Labute approximate surface area is 137 Å². The fourth-order valence-electron chi connectivity index (χ4n) is 2.29. The van der Waals surface area contributed by atoms with Crippen molar-refractivity contribution >= 4 is 22.9 Å². The summed E-state index contributed by atoms with van der Waals surface area (Å²) in [7, 11) is 3.06. The molecule has 122 valence electrons. The van der Waals surface area contributed by atoms with E-state index in [9.17, 15) is 9.90 Å². The SMILES string of the molecule is COc1ccc(OC)c(N=Cc2c(O)c3ccccc3oc2=O)c1. The number of rotatable bonds is 4. The van der Waals surface area contributed by atoms with Gasteiger partial charge in [0.1, 0.15) is 34.1 Å². The lowest BCUT2D eigenvalue weighted by Crippen LogP contribution is -2.06. The van der Waals surface area contributed by atoms with Crippen molar-refractivity contribution in [1.82, 2.24) is 0 Å². The normalized spacial score (nSPS) is 11.1. The second-order valence-corrected chi connectivity index (χ2v) is 4.94. The first kappa shape index (κ1) is 15.6. The summed E-state index contributed by atoms with van der Waals surface area (Å²) >= 11 is 0. The van der Waals surface area contributed by atoms with Crippen molar-refractivity contribution in [2.45, 2.75) is 0 Å². The standard InChI is InChI=1S/C18H15NO5/c1-22-11-7-8-16(23-2)14(9-11)19-10-13-17(20)12-5-3-4-6-15(12)24-18(13)21/h3-10,20H,1-2H3. The van der Waals surface area contributed by atoms with Crippen LogP contribution in [0.4, 0.5) is 5.69 Å². The van der Waals surface area contributed by atoms with E-state index in [1.165, 1.54) is 13.3 Å². The molecule has 1 heterocycles. The lowest BCUT2D eigenvalue weighted by molar-refractivity contribution is 0.404. The molecular weight excluding hydrogens is 310 g/mol. The summed E-state index contributed by atoms with van der Waals surface area (Å²) < 4.78 is 15.6. The maximum atomic E-state index is 12.1. The summed E-state index contributed by atoms with van der Waals surface area (Å²) in [4.78, 5) is 16.3. The molecule has 2 aromatic carbocycles. The third-order valence-corrected chi connectivity index (χ3v) is 3.54. The summed E-state index contributed by atoms with van der Waals surface area (Å²) in [5.41, 5.74) is 0.0790. The van der Waals surface area contributed by atoms with Crippen LogP contribution in [0.5, 0.6) is 17.2 Å². The van der Waals surface area contributed by atoms with E-state index in [1.54, 1.807) is 49.6 Å². The van der Waals surface area contributed by atoms with Gasteiger partial charge in [0.05, 0.1) is 19.6 Å². The van der Waals surface area contributed by atoms with E-state index < -0.39 is 5.63 Å². The topological polar surface area (TPSA) is 81.3 Å². The summed E-state index contributed by atoms with van der Waals surface area (Å²) in [5.74, 6) is 0.932. The van der Waals surface area contributed by atoms with Gasteiger partial charge in [0.2, 0.25) is 0 Å². The van der Waals surface area contributed by atoms with Crippen LogP contribution in [-0.4, -0.2) is 25.5 Å². The molecule has 6 heteroatoms. The minimum absolute atomic E-state index is 0.0291. The number of hydrogen-bond donors (Lipinski definition) is 1. The van der Waals surface area contributed by atoms with Gasteiger partial charge in [-0.25, -0.2) is 4.79 Å². The Bertz CT molecular complexity index is 975. The zero-order valence-corrected chi connectivity index (χ0v) is 13.1. The molecule has 0 unspecified atom stereocenters. The molecule has 0 saturated carbocycles. The molecule has 0 fully saturated rings. The van der Waals surface area contributed by atoms with E-state index in [0.717, 1.165) is 0 Å². The van der Waals surface area contributed by atoms with Gasteiger partial charge in [-0.05, 0) is 24.3 Å². The molecule has 3 aromatic rings. The number of aliphatic imine (C=N–C) groups is 1. The Kier molecular flexibility index (Phi) is 4.20. The molecule has 0 aliphatic carbocycles. The number of methoxy groups -OCH3 is 2. The Hall–Kier alpha value is -3.28. The van der Waals surface area contributed by atoms with Crippen molar-refractivity contribution in [3.8, 4) is 17.2 Å². The fourth-order valence-corrected chi connectivity index (χ4v) is 2.29. The number of ether oxygens (including phenoxy) is 2. The van der Waals surface area contributed by atoms with E-state index in [-0.39, 0.29) is 11.3 Å². The summed E-state index contributed by atoms with van der Waals surface area (Å²) in [5, 5.41) is 10.8. The summed E-state index contributed by atoms with van der Waals surface area (Å²) in [6.07, 6.45) is 1.25. The maximum Gasteiger partial charge on any atom is 0.348 e. The minimum atomic E-state index is -0.670. The zero-order valence-electron chi connectivity index (χ0n) is 13.1. The molecule has 6 nitrogen and oxygen atoms in total. The van der Waals surface area contributed by atoms with Gasteiger partial charge < -0.3 is 19.0 Å². The van der Waals surface area contributed by atoms with Crippen LogP contribution >= 0.6 is 0 Å². The van der Waals surface area contributed by atoms with Gasteiger partial charge in [-0.1, -0.05) is 12.1 Å². The maximum absolute atomic E-state index is 12.1. The Morgan fingerprint density at radius 2 is 1.92 bits per heavy atom. The second kappa shape index (κ2) is 6.45. The van der Waals surface area contributed by atoms with Crippen molar-refractivity contribution in [2.75, 3.05) is 14.2 Å². The molecule has 0 aliphatic heterocycles. The van der Waals surface area contributed by atoms with Crippen molar-refractivity contribution in [2.24, 2.45) is 4.99 Å². The third-order valence-electron chi connectivity index (χ3n) is 3.54. The first-order valence-electron chi connectivity index (χ1n) is 7.15. The first-order valence-corrected chi connectivity index (χ1v) is 7.15. The minimum Gasteiger partial charge on any atom is -0.506 e. The second-order valence-electron chi connectivity index (χ2n) is 4.94. The fraction of sp³-hybridized carbons (Fsp3) is 0.111. The van der Waals surface area contributed by atoms with Crippen molar-refractivity contribution in [3.63, 3.8) is 0 Å². The molecular formula is C18H15NO5. The number of nitrogens with zero attached hydrogens (tertiary/aromatic N) is 1. The lowest BCUT2D eigenvalue weighted by atomic mass is 10.1. The average molecular weight is 325 g/mol. The van der Waals surface area contributed by atoms with Gasteiger partial charge in [0, 0.05) is 12.3 Å². The van der Waals surface area contributed by atoms with Gasteiger partial charge in [-0.3, -0.25) is 4.99 Å². The van der Waals surface area contributed by atoms with Crippen LogP contribution in [0, 0.1) is 0 Å². The smallest absolute Gasteiger partial charge is 0.348 e.